The second-order valence-corrected chi connectivity index (χ2v) is 6.10. The summed E-state index contributed by atoms with van der Waals surface area (Å²) < 4.78 is 48.6. The van der Waals surface area contributed by atoms with E-state index in [1.807, 2.05) is 17.7 Å². The number of nitrogens with zero attached hydrogens (tertiary/aromatic N) is 1. The van der Waals surface area contributed by atoms with Crippen molar-refractivity contribution in [1.82, 2.24) is 4.72 Å². The molecule has 0 aromatic carbocycles. The molecule has 7 heteroatoms. The van der Waals surface area contributed by atoms with Gasteiger partial charge < -0.3 is 0 Å². The molecule has 1 N–H and O–H groups in total. The number of rotatable bonds is 4. The van der Waals surface area contributed by atoms with Gasteiger partial charge in [-0.3, -0.25) is 0 Å². The molecule has 0 aromatic rings. The SMILES string of the molecule is CCC1CCC(C#N)(NS(=O)(=O)C(F)F)CC1. The molecule has 0 unspecified atom stereocenters. The highest BCUT2D eigenvalue weighted by Gasteiger charge is 2.41. The van der Waals surface area contributed by atoms with Gasteiger partial charge in [0.2, 0.25) is 0 Å². The fraction of sp³-hybridized carbons (Fsp3) is 0.900. The van der Waals surface area contributed by atoms with Crippen molar-refractivity contribution < 1.29 is 17.2 Å². The average molecular weight is 266 g/mol. The molecule has 1 aliphatic rings. The monoisotopic (exact) mass is 266 g/mol. The van der Waals surface area contributed by atoms with Crippen LogP contribution >= 0.6 is 0 Å². The molecule has 0 spiro atoms. The van der Waals surface area contributed by atoms with E-state index in [4.69, 9.17) is 5.26 Å². The standard InChI is InChI=1S/C10H16F2N2O2S/c1-2-8-3-5-10(7-13,6-4-8)14-17(15,16)9(11)12/h8-9,14H,2-6H2,1H3. The summed E-state index contributed by atoms with van der Waals surface area (Å²) in [5, 5.41) is 9.02. The maximum Gasteiger partial charge on any atom is 0.350 e. The highest BCUT2D eigenvalue weighted by atomic mass is 32.2. The summed E-state index contributed by atoms with van der Waals surface area (Å²) >= 11 is 0. The van der Waals surface area contributed by atoms with Crippen molar-refractivity contribution in [1.29, 1.82) is 5.26 Å². The molecule has 0 heterocycles. The third-order valence-electron chi connectivity index (χ3n) is 3.32. The van der Waals surface area contributed by atoms with Crippen molar-refractivity contribution in [3.8, 4) is 6.07 Å². The van der Waals surface area contributed by atoms with Crippen LogP contribution in [-0.2, 0) is 10.0 Å². The van der Waals surface area contributed by atoms with E-state index in [1.54, 1.807) is 0 Å². The third kappa shape index (κ3) is 3.36. The van der Waals surface area contributed by atoms with Crippen LogP contribution < -0.4 is 4.72 Å². The predicted molar refractivity (Wildman–Crippen MR) is 58.7 cm³/mol. The zero-order valence-electron chi connectivity index (χ0n) is 9.62. The van der Waals surface area contributed by atoms with Crippen molar-refractivity contribution in [2.24, 2.45) is 5.92 Å². The Balaban J connectivity index is 2.77. The summed E-state index contributed by atoms with van der Waals surface area (Å²) in [4.78, 5) is 0. The van der Waals surface area contributed by atoms with E-state index in [9.17, 15) is 17.2 Å². The number of nitrogens with one attached hydrogen (secondary N) is 1. The Kier molecular flexibility index (Phi) is 4.44. The van der Waals surface area contributed by atoms with Crippen LogP contribution in [-0.4, -0.2) is 19.7 Å². The van der Waals surface area contributed by atoms with E-state index in [1.165, 1.54) is 0 Å². The molecular formula is C10H16F2N2O2S. The normalized spacial score (nSPS) is 30.2. The molecule has 0 aliphatic heterocycles. The molecule has 1 saturated carbocycles. The number of nitriles is 1. The zero-order chi connectivity index (χ0) is 13.1. The van der Waals surface area contributed by atoms with Crippen LogP contribution in [0.5, 0.6) is 0 Å². The van der Waals surface area contributed by atoms with Gasteiger partial charge in [-0.1, -0.05) is 13.3 Å². The minimum absolute atomic E-state index is 0.300. The molecule has 17 heavy (non-hydrogen) atoms. The summed E-state index contributed by atoms with van der Waals surface area (Å²) in [6, 6.07) is 1.85. The number of hydrogen-bond donors (Lipinski definition) is 1. The topological polar surface area (TPSA) is 70.0 Å². The average Bonchev–Trinajstić information content (AvgIpc) is 2.29. The molecule has 0 amide bonds. The van der Waals surface area contributed by atoms with Gasteiger partial charge >= 0.3 is 5.76 Å². The number of halogens is 2. The molecular weight excluding hydrogens is 250 g/mol. The van der Waals surface area contributed by atoms with Gasteiger partial charge in [-0.15, -0.1) is 0 Å². The van der Waals surface area contributed by atoms with Crippen LogP contribution in [0.3, 0.4) is 0 Å². The van der Waals surface area contributed by atoms with Crippen molar-refractivity contribution in [2.45, 2.75) is 50.3 Å². The first-order chi connectivity index (χ1) is 7.85. The first-order valence-electron chi connectivity index (χ1n) is 5.57. The van der Waals surface area contributed by atoms with E-state index in [0.29, 0.717) is 31.6 Å². The summed E-state index contributed by atoms with van der Waals surface area (Å²) in [7, 11) is -4.70. The van der Waals surface area contributed by atoms with Gasteiger partial charge in [-0.25, -0.2) is 8.42 Å². The van der Waals surface area contributed by atoms with Gasteiger partial charge in [0.25, 0.3) is 10.0 Å². The van der Waals surface area contributed by atoms with Crippen LogP contribution in [0.2, 0.25) is 0 Å². The Hall–Kier alpha value is -0.740. The molecule has 1 aliphatic carbocycles. The highest BCUT2D eigenvalue weighted by molar-refractivity contribution is 7.89. The summed E-state index contributed by atoms with van der Waals surface area (Å²) in [6.07, 6.45) is 2.94. The van der Waals surface area contributed by atoms with Crippen molar-refractivity contribution in [3.63, 3.8) is 0 Å². The fourth-order valence-electron chi connectivity index (χ4n) is 2.13. The Morgan fingerprint density at radius 2 is 2.00 bits per heavy atom. The Labute approximate surface area is 100 Å². The van der Waals surface area contributed by atoms with Crippen LogP contribution in [0.15, 0.2) is 0 Å². The van der Waals surface area contributed by atoms with E-state index < -0.39 is 21.3 Å². The molecule has 0 saturated heterocycles. The van der Waals surface area contributed by atoms with Gasteiger partial charge in [-0.05, 0) is 31.6 Å². The molecule has 1 fully saturated rings. The van der Waals surface area contributed by atoms with E-state index in [2.05, 4.69) is 0 Å². The van der Waals surface area contributed by atoms with Crippen LogP contribution in [0.25, 0.3) is 0 Å². The zero-order valence-corrected chi connectivity index (χ0v) is 10.4. The lowest BCUT2D eigenvalue weighted by molar-refractivity contribution is 0.219. The van der Waals surface area contributed by atoms with Gasteiger partial charge in [-0.2, -0.15) is 18.8 Å². The van der Waals surface area contributed by atoms with E-state index >= 15 is 0 Å². The van der Waals surface area contributed by atoms with Crippen molar-refractivity contribution in [3.05, 3.63) is 0 Å². The molecule has 0 bridgehead atoms. The number of hydrogen-bond acceptors (Lipinski definition) is 3. The molecule has 1 rings (SSSR count). The maximum atomic E-state index is 12.3. The fourth-order valence-corrected chi connectivity index (χ4v) is 3.02. The van der Waals surface area contributed by atoms with Gasteiger partial charge in [0.15, 0.2) is 0 Å². The molecule has 98 valence electrons. The van der Waals surface area contributed by atoms with Crippen LogP contribution in [0, 0.1) is 17.2 Å². The number of alkyl halides is 2. The lowest BCUT2D eigenvalue weighted by Crippen LogP contribution is -2.51. The Morgan fingerprint density at radius 3 is 2.35 bits per heavy atom. The first-order valence-corrected chi connectivity index (χ1v) is 7.12. The second kappa shape index (κ2) is 5.27. The van der Waals surface area contributed by atoms with Crippen molar-refractivity contribution in [2.75, 3.05) is 0 Å². The molecule has 0 aromatic heterocycles. The highest BCUT2D eigenvalue weighted by Crippen LogP contribution is 2.34. The minimum atomic E-state index is -4.70. The van der Waals surface area contributed by atoms with Gasteiger partial charge in [0.1, 0.15) is 5.54 Å². The predicted octanol–water partition coefficient (Wildman–Crippen LogP) is 1.99. The lowest BCUT2D eigenvalue weighted by Gasteiger charge is -2.34. The second-order valence-electron chi connectivity index (χ2n) is 4.45. The van der Waals surface area contributed by atoms with Crippen LogP contribution in [0.4, 0.5) is 8.78 Å². The lowest BCUT2D eigenvalue weighted by atomic mass is 9.77. The smallest absolute Gasteiger partial charge is 0.206 e. The summed E-state index contributed by atoms with van der Waals surface area (Å²) in [5.41, 5.74) is -1.35. The van der Waals surface area contributed by atoms with Crippen LogP contribution in [0.1, 0.15) is 39.0 Å². The Bertz CT molecular complexity index is 395. The minimum Gasteiger partial charge on any atom is -0.206 e. The third-order valence-corrected chi connectivity index (χ3v) is 4.47. The number of sulfonamides is 1. The molecule has 4 nitrogen and oxygen atoms in total. The maximum absolute atomic E-state index is 12.3. The molecule has 0 atom stereocenters. The van der Waals surface area contributed by atoms with Gasteiger partial charge in [0, 0.05) is 0 Å². The Morgan fingerprint density at radius 1 is 1.47 bits per heavy atom. The van der Waals surface area contributed by atoms with E-state index in [-0.39, 0.29) is 0 Å². The molecule has 0 radical (unpaired) electrons. The van der Waals surface area contributed by atoms with E-state index in [0.717, 1.165) is 6.42 Å². The summed E-state index contributed by atoms with van der Waals surface area (Å²) in [5.74, 6) is -3.04. The first kappa shape index (κ1) is 14.3. The summed E-state index contributed by atoms with van der Waals surface area (Å²) in [6.45, 7) is 2.02. The van der Waals surface area contributed by atoms with Crippen molar-refractivity contribution >= 4 is 10.0 Å². The largest absolute Gasteiger partial charge is 0.350 e. The van der Waals surface area contributed by atoms with Gasteiger partial charge in [0.05, 0.1) is 6.07 Å². The quantitative estimate of drug-likeness (QED) is 0.846.